The number of piperidine rings is 1. The first kappa shape index (κ1) is 31.9. The fraction of sp³-hybridized carbons (Fsp3) is 0.324. The van der Waals surface area contributed by atoms with Gasteiger partial charge in [-0.25, -0.2) is 0 Å². The SMILES string of the molecule is COc1cccc(-c2cc(C(=O)Nc3ccc(-c4ccc(OC5CCN(C)CC5)cc4OCCN(C)C)cc3)ccc2OC)c1. The highest BCUT2D eigenvalue weighted by Crippen LogP contribution is 2.36. The monoisotopic (exact) mass is 609 g/mol. The largest absolute Gasteiger partial charge is 0.497 e. The van der Waals surface area contributed by atoms with Crippen molar-refractivity contribution in [2.24, 2.45) is 0 Å². The molecule has 8 heteroatoms. The number of carbonyl (C=O) groups is 1. The lowest BCUT2D eigenvalue weighted by atomic mass is 10.0. The Hall–Kier alpha value is -4.53. The quantitative estimate of drug-likeness (QED) is 0.192. The first-order chi connectivity index (χ1) is 21.8. The predicted octanol–water partition coefficient (Wildman–Crippen LogP) is 6.70. The second kappa shape index (κ2) is 15.0. The minimum atomic E-state index is -0.210. The second-order valence-corrected chi connectivity index (χ2v) is 11.6. The Bertz CT molecular complexity index is 1580. The van der Waals surface area contributed by atoms with Gasteiger partial charge in [0.1, 0.15) is 35.7 Å². The predicted molar refractivity (Wildman–Crippen MR) is 180 cm³/mol. The third-order valence-electron chi connectivity index (χ3n) is 8.01. The molecule has 1 amide bonds. The van der Waals surface area contributed by atoms with Gasteiger partial charge in [0, 0.05) is 48.1 Å². The molecule has 0 bridgehead atoms. The van der Waals surface area contributed by atoms with E-state index in [4.69, 9.17) is 18.9 Å². The highest BCUT2D eigenvalue weighted by Gasteiger charge is 2.19. The zero-order valence-corrected chi connectivity index (χ0v) is 26.8. The molecule has 4 aromatic rings. The number of hydrogen-bond donors (Lipinski definition) is 1. The van der Waals surface area contributed by atoms with Gasteiger partial charge in [-0.3, -0.25) is 4.79 Å². The van der Waals surface area contributed by atoms with Crippen LogP contribution >= 0.6 is 0 Å². The van der Waals surface area contributed by atoms with Crippen LogP contribution in [0.4, 0.5) is 5.69 Å². The van der Waals surface area contributed by atoms with Crippen LogP contribution in [0.3, 0.4) is 0 Å². The van der Waals surface area contributed by atoms with E-state index in [0.29, 0.717) is 23.6 Å². The highest BCUT2D eigenvalue weighted by molar-refractivity contribution is 6.05. The molecular formula is C37H43N3O5. The molecule has 1 fully saturated rings. The van der Waals surface area contributed by atoms with Crippen molar-refractivity contribution >= 4 is 11.6 Å². The van der Waals surface area contributed by atoms with Crippen LogP contribution in [0, 0.1) is 0 Å². The van der Waals surface area contributed by atoms with Crippen LogP contribution in [0.15, 0.2) is 84.9 Å². The van der Waals surface area contributed by atoms with Gasteiger partial charge in [0.15, 0.2) is 0 Å². The summed E-state index contributed by atoms with van der Waals surface area (Å²) in [6, 6.07) is 27.0. The van der Waals surface area contributed by atoms with Crippen molar-refractivity contribution in [1.29, 1.82) is 0 Å². The number of hydrogen-bond acceptors (Lipinski definition) is 7. The third kappa shape index (κ3) is 8.35. The van der Waals surface area contributed by atoms with E-state index < -0.39 is 0 Å². The fourth-order valence-electron chi connectivity index (χ4n) is 5.37. The van der Waals surface area contributed by atoms with Gasteiger partial charge in [0.25, 0.3) is 5.91 Å². The van der Waals surface area contributed by atoms with Crippen LogP contribution in [0.25, 0.3) is 22.3 Å². The van der Waals surface area contributed by atoms with Crippen molar-refractivity contribution in [2.45, 2.75) is 18.9 Å². The Balaban J connectivity index is 1.32. The maximum atomic E-state index is 13.3. The van der Waals surface area contributed by atoms with Gasteiger partial charge < -0.3 is 34.1 Å². The van der Waals surface area contributed by atoms with Gasteiger partial charge in [-0.05, 0) is 99.7 Å². The number of benzene rings is 4. The van der Waals surface area contributed by atoms with Crippen LogP contribution in [0.2, 0.25) is 0 Å². The molecule has 0 unspecified atom stereocenters. The molecule has 1 saturated heterocycles. The number of carbonyl (C=O) groups excluding carboxylic acids is 1. The summed E-state index contributed by atoms with van der Waals surface area (Å²) in [5.41, 5.74) is 4.89. The number of likely N-dealkylation sites (tertiary alicyclic amines) is 1. The van der Waals surface area contributed by atoms with Crippen LogP contribution in [-0.2, 0) is 0 Å². The molecular weight excluding hydrogens is 566 g/mol. The molecule has 5 rings (SSSR count). The first-order valence-corrected chi connectivity index (χ1v) is 15.3. The van der Waals surface area contributed by atoms with E-state index in [9.17, 15) is 4.79 Å². The molecule has 1 heterocycles. The molecule has 1 aliphatic rings. The number of ether oxygens (including phenoxy) is 4. The van der Waals surface area contributed by atoms with Crippen molar-refractivity contribution in [2.75, 3.05) is 66.9 Å². The summed E-state index contributed by atoms with van der Waals surface area (Å²) in [6.07, 6.45) is 2.24. The van der Waals surface area contributed by atoms with Crippen LogP contribution < -0.4 is 24.3 Å². The number of anilines is 1. The average Bonchev–Trinajstić information content (AvgIpc) is 3.06. The Morgan fingerprint density at radius 2 is 1.60 bits per heavy atom. The molecule has 8 nitrogen and oxygen atoms in total. The molecule has 0 spiro atoms. The number of likely N-dealkylation sites (N-methyl/N-ethyl adjacent to an activating group) is 1. The highest BCUT2D eigenvalue weighted by atomic mass is 16.5. The van der Waals surface area contributed by atoms with Gasteiger partial charge in [-0.1, -0.05) is 24.3 Å². The molecule has 0 atom stereocenters. The van der Waals surface area contributed by atoms with Gasteiger partial charge >= 0.3 is 0 Å². The molecule has 45 heavy (non-hydrogen) atoms. The Labute approximate surface area is 266 Å². The van der Waals surface area contributed by atoms with Crippen molar-refractivity contribution in [1.82, 2.24) is 9.80 Å². The number of methoxy groups -OCH3 is 2. The summed E-state index contributed by atoms with van der Waals surface area (Å²) >= 11 is 0. The normalized spacial score (nSPS) is 13.8. The Morgan fingerprint density at radius 1 is 0.822 bits per heavy atom. The molecule has 1 aliphatic heterocycles. The van der Waals surface area contributed by atoms with Crippen molar-refractivity contribution in [3.63, 3.8) is 0 Å². The fourth-order valence-corrected chi connectivity index (χ4v) is 5.37. The molecule has 1 N–H and O–H groups in total. The van der Waals surface area contributed by atoms with Crippen LogP contribution in [0.1, 0.15) is 23.2 Å². The summed E-state index contributed by atoms with van der Waals surface area (Å²) in [4.78, 5) is 17.7. The zero-order valence-electron chi connectivity index (χ0n) is 26.8. The Kier molecular flexibility index (Phi) is 10.6. The lowest BCUT2D eigenvalue weighted by Gasteiger charge is -2.29. The van der Waals surface area contributed by atoms with Crippen molar-refractivity contribution in [3.8, 4) is 45.3 Å². The summed E-state index contributed by atoms with van der Waals surface area (Å²) in [5.74, 6) is 2.80. The number of nitrogens with zero attached hydrogens (tertiary/aromatic N) is 2. The van der Waals surface area contributed by atoms with E-state index in [0.717, 1.165) is 72.0 Å². The molecule has 0 aromatic heterocycles. The lowest BCUT2D eigenvalue weighted by Crippen LogP contribution is -2.35. The average molecular weight is 610 g/mol. The number of amides is 1. The summed E-state index contributed by atoms with van der Waals surface area (Å²) in [7, 11) is 9.46. The topological polar surface area (TPSA) is 72.5 Å². The van der Waals surface area contributed by atoms with E-state index in [1.54, 1.807) is 20.3 Å². The standard InChI is InChI=1S/C37H43N3O5/c1-39(2)21-22-44-36-25-32(45-30-17-19-40(3)20-18-30)14-15-33(36)26-9-12-29(13-10-26)38-37(41)28-11-16-35(43-5)34(24-28)27-7-6-8-31(23-27)42-4/h6-16,23-25,30H,17-22H2,1-5H3,(H,38,41). The Morgan fingerprint density at radius 3 is 2.31 bits per heavy atom. The molecule has 0 radical (unpaired) electrons. The van der Waals surface area contributed by atoms with Gasteiger partial charge in [0.05, 0.1) is 14.2 Å². The van der Waals surface area contributed by atoms with Crippen molar-refractivity contribution < 1.29 is 23.7 Å². The van der Waals surface area contributed by atoms with E-state index in [1.165, 1.54) is 0 Å². The molecule has 0 aliphatic carbocycles. The molecule has 0 saturated carbocycles. The minimum Gasteiger partial charge on any atom is -0.497 e. The number of nitrogens with one attached hydrogen (secondary N) is 1. The smallest absolute Gasteiger partial charge is 0.255 e. The van der Waals surface area contributed by atoms with Gasteiger partial charge in [-0.15, -0.1) is 0 Å². The van der Waals surface area contributed by atoms with Crippen LogP contribution in [-0.4, -0.2) is 83.4 Å². The maximum Gasteiger partial charge on any atom is 0.255 e. The van der Waals surface area contributed by atoms with Gasteiger partial charge in [0.2, 0.25) is 0 Å². The third-order valence-corrected chi connectivity index (χ3v) is 8.01. The second-order valence-electron chi connectivity index (χ2n) is 11.6. The molecule has 236 valence electrons. The van der Waals surface area contributed by atoms with Gasteiger partial charge in [-0.2, -0.15) is 0 Å². The van der Waals surface area contributed by atoms with E-state index in [-0.39, 0.29) is 12.0 Å². The molecule has 4 aromatic carbocycles. The van der Waals surface area contributed by atoms with Crippen molar-refractivity contribution in [3.05, 3.63) is 90.5 Å². The summed E-state index contributed by atoms with van der Waals surface area (Å²) < 4.78 is 23.6. The van der Waals surface area contributed by atoms with E-state index in [2.05, 4.69) is 28.2 Å². The maximum absolute atomic E-state index is 13.3. The number of rotatable bonds is 12. The summed E-state index contributed by atoms with van der Waals surface area (Å²) in [5, 5.41) is 3.03. The first-order valence-electron chi connectivity index (χ1n) is 15.3. The zero-order chi connectivity index (χ0) is 31.8. The lowest BCUT2D eigenvalue weighted by molar-refractivity contribution is 0.102. The van der Waals surface area contributed by atoms with E-state index in [1.807, 2.05) is 86.9 Å². The minimum absolute atomic E-state index is 0.210. The summed E-state index contributed by atoms with van der Waals surface area (Å²) in [6.45, 7) is 3.44. The van der Waals surface area contributed by atoms with Crippen LogP contribution in [0.5, 0.6) is 23.0 Å². The van der Waals surface area contributed by atoms with E-state index >= 15 is 0 Å².